The topological polar surface area (TPSA) is 60.6 Å². The van der Waals surface area contributed by atoms with E-state index < -0.39 is 0 Å². The lowest BCUT2D eigenvalue weighted by atomic mass is 9.95. The first-order valence-corrected chi connectivity index (χ1v) is 10.7. The highest BCUT2D eigenvalue weighted by atomic mass is 127. The number of allylic oxidation sites excluding steroid dienone is 5. The molecule has 4 nitrogen and oxygen atoms in total. The summed E-state index contributed by atoms with van der Waals surface area (Å²) in [6.07, 6.45) is 16.5. The first kappa shape index (κ1) is 20.8. The zero-order valence-electron chi connectivity index (χ0n) is 14.9. The van der Waals surface area contributed by atoms with Crippen molar-refractivity contribution in [2.45, 2.75) is 39.2 Å². The first-order valence-electron chi connectivity index (χ1n) is 8.36. The average Bonchev–Trinajstić information content (AvgIpc) is 2.59. The SMILES string of the molecule is CNCC(CC/C=C\C=N)CC(C)N=C/C=C(\C)C1=IC=NC=C1. The van der Waals surface area contributed by atoms with E-state index in [1.807, 2.05) is 23.7 Å². The van der Waals surface area contributed by atoms with Crippen LogP contribution in [0.1, 0.15) is 33.1 Å². The third kappa shape index (κ3) is 9.17. The minimum atomic E-state index is -0.0776. The normalized spacial score (nSPS) is 17.8. The van der Waals surface area contributed by atoms with Gasteiger partial charge in [-0.2, -0.15) is 0 Å². The van der Waals surface area contributed by atoms with Crippen LogP contribution in [0.4, 0.5) is 0 Å². The number of nitrogens with one attached hydrogen (secondary N) is 2. The van der Waals surface area contributed by atoms with Crippen molar-refractivity contribution in [1.29, 1.82) is 5.41 Å². The Bertz CT molecular complexity index is 556. The molecule has 5 heteroatoms. The molecule has 0 aromatic heterocycles. The Labute approximate surface area is 156 Å². The van der Waals surface area contributed by atoms with Gasteiger partial charge in [0.05, 0.1) is 4.22 Å². The Morgan fingerprint density at radius 1 is 1.50 bits per heavy atom. The fourth-order valence-electron chi connectivity index (χ4n) is 2.49. The second kappa shape index (κ2) is 13.1. The van der Waals surface area contributed by atoms with E-state index in [9.17, 15) is 0 Å². The molecule has 132 valence electrons. The van der Waals surface area contributed by atoms with Crippen LogP contribution in [0.3, 0.4) is 0 Å². The molecule has 0 bridgehead atoms. The third-order valence-electron chi connectivity index (χ3n) is 3.71. The number of rotatable bonds is 11. The van der Waals surface area contributed by atoms with E-state index in [0.29, 0.717) is 12.0 Å². The molecule has 0 aromatic carbocycles. The summed E-state index contributed by atoms with van der Waals surface area (Å²) in [5, 5.41) is 10.3. The third-order valence-corrected chi connectivity index (χ3v) is 6.19. The number of hydrogen-bond acceptors (Lipinski definition) is 4. The lowest BCUT2D eigenvalue weighted by Gasteiger charge is -2.18. The molecule has 1 aliphatic rings. The van der Waals surface area contributed by atoms with Gasteiger partial charge in [0.15, 0.2) is 0 Å². The summed E-state index contributed by atoms with van der Waals surface area (Å²) in [6.45, 7) is 5.34. The highest BCUT2D eigenvalue weighted by Gasteiger charge is 2.10. The van der Waals surface area contributed by atoms with Crippen molar-refractivity contribution in [2.24, 2.45) is 15.9 Å². The minimum Gasteiger partial charge on any atom is -0.319 e. The van der Waals surface area contributed by atoms with E-state index >= 15 is 0 Å². The number of aliphatic imine (C=N–C) groups is 2. The van der Waals surface area contributed by atoms with Gasteiger partial charge in [-0.1, -0.05) is 26.8 Å². The van der Waals surface area contributed by atoms with Gasteiger partial charge >= 0.3 is 0 Å². The van der Waals surface area contributed by atoms with Gasteiger partial charge in [0, 0.05) is 28.2 Å². The van der Waals surface area contributed by atoms with Gasteiger partial charge in [0.25, 0.3) is 0 Å². The second-order valence-corrected chi connectivity index (χ2v) is 8.19. The zero-order valence-corrected chi connectivity index (χ0v) is 17.0. The van der Waals surface area contributed by atoms with Gasteiger partial charge in [-0.05, 0) is 76.4 Å². The van der Waals surface area contributed by atoms with E-state index in [0.717, 1.165) is 25.8 Å². The summed E-state index contributed by atoms with van der Waals surface area (Å²) >= 11 is -0.0776. The van der Waals surface area contributed by atoms with Gasteiger partial charge in [-0.15, -0.1) is 0 Å². The van der Waals surface area contributed by atoms with E-state index in [1.165, 1.54) is 15.3 Å². The lowest BCUT2D eigenvalue weighted by molar-refractivity contribution is 0.408. The predicted octanol–water partition coefficient (Wildman–Crippen LogP) is 4.30. The summed E-state index contributed by atoms with van der Waals surface area (Å²) < 4.78 is 3.45. The molecule has 2 unspecified atom stereocenters. The number of hydrogen-bond donors (Lipinski definition) is 2. The van der Waals surface area contributed by atoms with Crippen molar-refractivity contribution >= 4 is 40.9 Å². The molecule has 0 spiro atoms. The van der Waals surface area contributed by atoms with E-state index in [4.69, 9.17) is 5.41 Å². The monoisotopic (exact) mass is 440 g/mol. The highest BCUT2D eigenvalue weighted by Crippen LogP contribution is 2.15. The predicted molar refractivity (Wildman–Crippen MR) is 118 cm³/mol. The van der Waals surface area contributed by atoms with Crippen LogP contribution in [0.25, 0.3) is 0 Å². The molecule has 2 atom stereocenters. The van der Waals surface area contributed by atoms with Crippen molar-refractivity contribution < 1.29 is 0 Å². The number of halogens is 1. The molecule has 1 aliphatic heterocycles. The molecule has 2 N–H and O–H groups in total. The van der Waals surface area contributed by atoms with Gasteiger partial charge in [0.2, 0.25) is 0 Å². The van der Waals surface area contributed by atoms with Crippen LogP contribution in [0.5, 0.6) is 0 Å². The van der Waals surface area contributed by atoms with Crippen LogP contribution < -0.4 is 5.32 Å². The fourth-order valence-corrected chi connectivity index (χ4v) is 4.17. The maximum absolute atomic E-state index is 7.01. The molecule has 0 radical (unpaired) electrons. The largest absolute Gasteiger partial charge is 0.319 e. The second-order valence-electron chi connectivity index (χ2n) is 5.85. The van der Waals surface area contributed by atoms with Gasteiger partial charge in [0.1, 0.15) is 0 Å². The van der Waals surface area contributed by atoms with Crippen LogP contribution >= 0.6 is 20.7 Å². The van der Waals surface area contributed by atoms with Crippen LogP contribution in [0, 0.1) is 11.3 Å². The molecule has 0 saturated carbocycles. The summed E-state index contributed by atoms with van der Waals surface area (Å²) in [4.78, 5) is 8.83. The highest BCUT2D eigenvalue weighted by molar-refractivity contribution is 14.2. The van der Waals surface area contributed by atoms with Crippen LogP contribution in [-0.2, 0) is 0 Å². The lowest BCUT2D eigenvalue weighted by Crippen LogP contribution is -2.21. The molecular formula is C19H29IN4. The molecule has 0 amide bonds. The van der Waals surface area contributed by atoms with Crippen molar-refractivity contribution in [3.05, 3.63) is 36.1 Å². The molecule has 0 aliphatic carbocycles. The quantitative estimate of drug-likeness (QED) is 0.365. The number of nitrogens with zero attached hydrogens (tertiary/aromatic N) is 2. The van der Waals surface area contributed by atoms with Crippen molar-refractivity contribution in [1.82, 2.24) is 5.32 Å². The Hall–Kier alpha value is -1.21. The molecule has 24 heavy (non-hydrogen) atoms. The van der Waals surface area contributed by atoms with Gasteiger partial charge in [-0.25, -0.2) is 0 Å². The summed E-state index contributed by atoms with van der Waals surface area (Å²) in [7, 11) is 2.00. The maximum atomic E-state index is 7.01. The molecule has 1 heterocycles. The van der Waals surface area contributed by atoms with Crippen molar-refractivity contribution in [3.8, 4) is 0 Å². The van der Waals surface area contributed by atoms with Crippen LogP contribution in [0.2, 0.25) is 0 Å². The molecule has 0 fully saturated rings. The Kier molecular flexibility index (Phi) is 11.4. The summed E-state index contributed by atoms with van der Waals surface area (Å²) in [5.41, 5.74) is 1.30. The van der Waals surface area contributed by atoms with E-state index in [-0.39, 0.29) is 20.7 Å². The van der Waals surface area contributed by atoms with E-state index in [2.05, 4.69) is 47.4 Å². The minimum absolute atomic E-state index is 0.0776. The molecular weight excluding hydrogens is 411 g/mol. The molecule has 0 aromatic rings. The Morgan fingerprint density at radius 2 is 2.33 bits per heavy atom. The Balaban J connectivity index is 2.48. The fraction of sp³-hybridized carbons (Fsp3) is 0.474. The summed E-state index contributed by atoms with van der Waals surface area (Å²) in [5.74, 6) is 0.611. The van der Waals surface area contributed by atoms with Crippen molar-refractivity contribution in [3.63, 3.8) is 0 Å². The smallest absolute Gasteiger partial charge is 0.0602 e. The van der Waals surface area contributed by atoms with Gasteiger partial charge in [-0.3, -0.25) is 9.98 Å². The average molecular weight is 440 g/mol. The zero-order chi connectivity index (χ0) is 17.6. The molecule has 1 rings (SSSR count). The van der Waals surface area contributed by atoms with Crippen LogP contribution in [0.15, 0.2) is 46.1 Å². The maximum Gasteiger partial charge on any atom is 0.0602 e. The molecule has 0 saturated heterocycles. The van der Waals surface area contributed by atoms with E-state index in [1.54, 1.807) is 6.08 Å². The first-order chi connectivity index (χ1) is 11.7. The standard InChI is InChI=1S/C19H29IN4/c1-16(19-9-11-23-15-20-19)8-12-24-17(2)13-18(14-22-3)7-5-4-6-10-21/h4,6,8-12,15,17-18,21-22H,5,7,13-14H2,1-3H3/b6-4-,16-8+,21-10?,24-12?. The van der Waals surface area contributed by atoms with Crippen LogP contribution in [-0.4, -0.2) is 39.8 Å². The Morgan fingerprint density at radius 3 is 3.00 bits per heavy atom. The van der Waals surface area contributed by atoms with Crippen molar-refractivity contribution in [2.75, 3.05) is 13.6 Å². The van der Waals surface area contributed by atoms with Gasteiger partial charge < -0.3 is 10.7 Å². The summed E-state index contributed by atoms with van der Waals surface area (Å²) in [6, 6.07) is 0.322.